The zero-order chi connectivity index (χ0) is 15.3. The highest BCUT2D eigenvalue weighted by atomic mass is 35.5. The molecule has 1 aromatic carbocycles. The summed E-state index contributed by atoms with van der Waals surface area (Å²) in [6.07, 6.45) is 4.86. The quantitative estimate of drug-likeness (QED) is 0.832. The lowest BCUT2D eigenvalue weighted by molar-refractivity contribution is 0.0446. The molecule has 1 aromatic rings. The van der Waals surface area contributed by atoms with Crippen molar-refractivity contribution in [3.63, 3.8) is 0 Å². The van der Waals surface area contributed by atoms with Crippen LogP contribution in [0.3, 0.4) is 0 Å². The number of hydrogen-bond acceptors (Lipinski definition) is 1. The molecule has 0 aliphatic heterocycles. The van der Waals surface area contributed by atoms with Crippen LogP contribution in [0.5, 0.6) is 0 Å². The third-order valence-electron chi connectivity index (χ3n) is 5.31. The van der Waals surface area contributed by atoms with Crippen LogP contribution in [0.25, 0.3) is 0 Å². The SMILES string of the molecule is CC(C)(C)C1CC(CNC2CC2)(c2ccc(F)cc2Cl)C1. The van der Waals surface area contributed by atoms with Gasteiger partial charge < -0.3 is 5.32 Å². The van der Waals surface area contributed by atoms with Crippen molar-refractivity contribution in [2.45, 2.75) is 57.9 Å². The van der Waals surface area contributed by atoms with E-state index in [9.17, 15) is 4.39 Å². The van der Waals surface area contributed by atoms with Crippen molar-refractivity contribution in [3.8, 4) is 0 Å². The van der Waals surface area contributed by atoms with Crippen molar-refractivity contribution >= 4 is 11.6 Å². The van der Waals surface area contributed by atoms with Crippen molar-refractivity contribution in [2.75, 3.05) is 6.54 Å². The smallest absolute Gasteiger partial charge is 0.124 e. The standard InChI is InChI=1S/C18H25ClFN/c1-17(2,3)12-9-18(10-12,11-21-14-5-6-14)15-7-4-13(20)8-16(15)19/h4,7-8,12,14,21H,5-6,9-11H2,1-3H3. The fourth-order valence-electron chi connectivity index (χ4n) is 3.50. The maximum Gasteiger partial charge on any atom is 0.124 e. The minimum atomic E-state index is -0.249. The molecule has 0 saturated heterocycles. The zero-order valence-corrected chi connectivity index (χ0v) is 13.9. The van der Waals surface area contributed by atoms with Crippen LogP contribution in [0.4, 0.5) is 4.39 Å². The molecule has 2 aliphatic rings. The molecule has 1 N–H and O–H groups in total. The van der Waals surface area contributed by atoms with E-state index in [0.717, 1.165) is 24.9 Å². The van der Waals surface area contributed by atoms with E-state index in [4.69, 9.17) is 11.6 Å². The Hall–Kier alpha value is -0.600. The summed E-state index contributed by atoms with van der Waals surface area (Å²) in [5.41, 5.74) is 1.54. The molecule has 0 bridgehead atoms. The Morgan fingerprint density at radius 2 is 1.95 bits per heavy atom. The summed E-state index contributed by atoms with van der Waals surface area (Å²) < 4.78 is 13.3. The second kappa shape index (κ2) is 5.24. The number of hydrogen-bond donors (Lipinski definition) is 1. The van der Waals surface area contributed by atoms with E-state index in [2.05, 4.69) is 26.1 Å². The molecule has 2 fully saturated rings. The van der Waals surface area contributed by atoms with Gasteiger partial charge in [-0.3, -0.25) is 0 Å². The van der Waals surface area contributed by atoms with Gasteiger partial charge in [0, 0.05) is 23.0 Å². The molecule has 0 aromatic heterocycles. The maximum absolute atomic E-state index is 13.3. The molecule has 2 aliphatic carbocycles. The van der Waals surface area contributed by atoms with Gasteiger partial charge in [-0.25, -0.2) is 4.39 Å². The average molecular weight is 310 g/mol. The molecule has 1 nitrogen and oxygen atoms in total. The first-order valence-corrected chi connectivity index (χ1v) is 8.37. The van der Waals surface area contributed by atoms with Crippen LogP contribution in [0.2, 0.25) is 5.02 Å². The van der Waals surface area contributed by atoms with Crippen molar-refractivity contribution < 1.29 is 4.39 Å². The van der Waals surface area contributed by atoms with Gasteiger partial charge in [0.1, 0.15) is 5.82 Å². The van der Waals surface area contributed by atoms with E-state index in [1.54, 1.807) is 6.07 Å². The topological polar surface area (TPSA) is 12.0 Å². The van der Waals surface area contributed by atoms with Crippen molar-refractivity contribution in [2.24, 2.45) is 11.3 Å². The van der Waals surface area contributed by atoms with E-state index in [1.807, 2.05) is 6.07 Å². The first-order valence-electron chi connectivity index (χ1n) is 7.99. The summed E-state index contributed by atoms with van der Waals surface area (Å²) in [4.78, 5) is 0. The van der Waals surface area contributed by atoms with Gasteiger partial charge in [-0.2, -0.15) is 0 Å². The third kappa shape index (κ3) is 3.12. The Morgan fingerprint density at radius 3 is 2.48 bits per heavy atom. The molecule has 0 heterocycles. The fourth-order valence-corrected chi connectivity index (χ4v) is 3.87. The lowest BCUT2D eigenvalue weighted by atomic mass is 9.52. The first-order chi connectivity index (χ1) is 9.80. The van der Waals surface area contributed by atoms with Crippen LogP contribution in [0.1, 0.15) is 52.0 Å². The maximum atomic E-state index is 13.3. The molecule has 2 saturated carbocycles. The van der Waals surface area contributed by atoms with E-state index < -0.39 is 0 Å². The van der Waals surface area contributed by atoms with Crippen LogP contribution >= 0.6 is 11.6 Å². The normalized spacial score (nSPS) is 29.3. The molecular weight excluding hydrogens is 285 g/mol. The molecule has 0 radical (unpaired) electrons. The Balaban J connectivity index is 1.82. The van der Waals surface area contributed by atoms with Crippen molar-refractivity contribution in [3.05, 3.63) is 34.6 Å². The van der Waals surface area contributed by atoms with E-state index >= 15 is 0 Å². The molecule has 0 spiro atoms. The Labute approximate surface area is 132 Å². The Kier molecular flexibility index (Phi) is 3.82. The Bertz CT molecular complexity index is 525. The summed E-state index contributed by atoms with van der Waals surface area (Å²) >= 11 is 6.35. The molecule has 3 rings (SSSR count). The van der Waals surface area contributed by atoms with Gasteiger partial charge in [0.15, 0.2) is 0 Å². The zero-order valence-electron chi connectivity index (χ0n) is 13.2. The summed E-state index contributed by atoms with van der Waals surface area (Å²) in [7, 11) is 0. The van der Waals surface area contributed by atoms with E-state index in [-0.39, 0.29) is 11.2 Å². The lowest BCUT2D eigenvalue weighted by Crippen LogP contribution is -2.52. The minimum Gasteiger partial charge on any atom is -0.313 e. The second-order valence-corrected chi connectivity index (χ2v) is 8.44. The van der Waals surface area contributed by atoms with Gasteiger partial charge in [-0.15, -0.1) is 0 Å². The number of benzene rings is 1. The second-order valence-electron chi connectivity index (χ2n) is 8.03. The average Bonchev–Trinajstić information content (AvgIpc) is 3.11. The van der Waals surface area contributed by atoms with Crippen LogP contribution in [0, 0.1) is 17.2 Å². The highest BCUT2D eigenvalue weighted by Crippen LogP contribution is 2.55. The summed E-state index contributed by atoms with van der Waals surface area (Å²) in [5, 5.41) is 4.24. The molecule has 3 heteroatoms. The minimum absolute atomic E-state index is 0.0886. The third-order valence-corrected chi connectivity index (χ3v) is 5.62. The van der Waals surface area contributed by atoms with E-state index in [1.165, 1.54) is 18.9 Å². The van der Waals surface area contributed by atoms with Crippen LogP contribution in [0.15, 0.2) is 18.2 Å². The molecule has 0 atom stereocenters. The number of halogens is 2. The van der Waals surface area contributed by atoms with Gasteiger partial charge in [-0.05, 0) is 54.7 Å². The Morgan fingerprint density at radius 1 is 1.29 bits per heavy atom. The molecule has 0 amide bonds. The molecule has 21 heavy (non-hydrogen) atoms. The monoisotopic (exact) mass is 309 g/mol. The van der Waals surface area contributed by atoms with Gasteiger partial charge in [0.2, 0.25) is 0 Å². The van der Waals surface area contributed by atoms with Crippen LogP contribution in [-0.4, -0.2) is 12.6 Å². The van der Waals surface area contributed by atoms with Gasteiger partial charge >= 0.3 is 0 Å². The van der Waals surface area contributed by atoms with E-state index in [0.29, 0.717) is 22.4 Å². The van der Waals surface area contributed by atoms with Crippen molar-refractivity contribution in [1.29, 1.82) is 0 Å². The molecular formula is C18H25ClFN. The largest absolute Gasteiger partial charge is 0.313 e. The van der Waals surface area contributed by atoms with Crippen LogP contribution < -0.4 is 5.32 Å². The van der Waals surface area contributed by atoms with Crippen molar-refractivity contribution in [1.82, 2.24) is 5.32 Å². The van der Waals surface area contributed by atoms with Crippen LogP contribution in [-0.2, 0) is 5.41 Å². The van der Waals surface area contributed by atoms with Gasteiger partial charge in [-0.1, -0.05) is 38.4 Å². The molecule has 116 valence electrons. The van der Waals surface area contributed by atoms with Gasteiger partial charge in [0.25, 0.3) is 0 Å². The summed E-state index contributed by atoms with van der Waals surface area (Å²) in [6, 6.07) is 5.59. The fraction of sp³-hybridized carbons (Fsp3) is 0.667. The van der Waals surface area contributed by atoms with Gasteiger partial charge in [0.05, 0.1) is 0 Å². The highest BCUT2D eigenvalue weighted by Gasteiger charge is 2.50. The number of nitrogens with one attached hydrogen (secondary N) is 1. The lowest BCUT2D eigenvalue weighted by Gasteiger charge is -2.54. The summed E-state index contributed by atoms with van der Waals surface area (Å²) in [6.45, 7) is 7.89. The summed E-state index contributed by atoms with van der Waals surface area (Å²) in [5.74, 6) is 0.459. The highest BCUT2D eigenvalue weighted by molar-refractivity contribution is 6.31. The molecule has 0 unspecified atom stereocenters. The predicted molar refractivity (Wildman–Crippen MR) is 86.3 cm³/mol. The number of rotatable bonds is 4. The predicted octanol–water partition coefficient (Wildman–Crippen LogP) is 4.93. The first kappa shape index (κ1) is 15.3.